The number of fused-ring (bicyclic) bond motifs is 6. The number of hydrogen-bond donors (Lipinski definition) is 3. The van der Waals surface area contributed by atoms with Crippen LogP contribution in [-0.2, 0) is 0 Å². The van der Waals surface area contributed by atoms with Crippen LogP contribution in [0.25, 0.3) is 49.4 Å². The third-order valence-electron chi connectivity index (χ3n) is 8.90. The van der Waals surface area contributed by atoms with Crippen molar-refractivity contribution in [3.63, 3.8) is 0 Å². The van der Waals surface area contributed by atoms with Gasteiger partial charge in [-0.05, 0) is 47.0 Å². The zero-order valence-corrected chi connectivity index (χ0v) is 23.9. The first-order valence-electron chi connectivity index (χ1n) is 15.1. The van der Waals surface area contributed by atoms with E-state index in [4.69, 9.17) is 4.42 Å². The van der Waals surface area contributed by atoms with Crippen molar-refractivity contribution in [1.82, 2.24) is 20.5 Å². The van der Waals surface area contributed by atoms with E-state index < -0.39 is 0 Å². The zero-order chi connectivity index (χ0) is 29.0. The average Bonchev–Trinajstić information content (AvgIpc) is 3.62. The highest BCUT2D eigenvalue weighted by molar-refractivity contribution is 6.17. The fraction of sp³-hybridized carbons (Fsp3) is 0.0769. The van der Waals surface area contributed by atoms with Gasteiger partial charge in [0.25, 0.3) is 0 Å². The summed E-state index contributed by atoms with van der Waals surface area (Å²) >= 11 is 0. The Labute approximate surface area is 254 Å². The topological polar surface area (TPSA) is 54.2 Å². The van der Waals surface area contributed by atoms with Crippen LogP contribution < -0.4 is 16.0 Å². The van der Waals surface area contributed by atoms with E-state index in [9.17, 15) is 0 Å². The van der Waals surface area contributed by atoms with E-state index in [-0.39, 0.29) is 18.5 Å². The van der Waals surface area contributed by atoms with E-state index in [0.29, 0.717) is 0 Å². The molecule has 212 valence electrons. The average molecular weight is 571 g/mol. The molecule has 6 aromatic carbocycles. The van der Waals surface area contributed by atoms with Crippen molar-refractivity contribution < 1.29 is 4.42 Å². The normalized spacial score (nSPS) is 18.9. The summed E-state index contributed by atoms with van der Waals surface area (Å²) in [5, 5.41) is 16.2. The molecule has 0 spiro atoms. The molecule has 0 bridgehead atoms. The SMILES string of the molecule is c1ccc(C2NC(c3ccccc3)NC(c3cccc(-n4c5ccccc5c5cc6c(cc54)oc4ccccc46)c3)N2)cc1. The second-order valence-electron chi connectivity index (χ2n) is 11.5. The molecule has 1 aliphatic rings. The lowest BCUT2D eigenvalue weighted by atomic mass is 10.0. The lowest BCUT2D eigenvalue weighted by molar-refractivity contribution is 0.203. The molecule has 44 heavy (non-hydrogen) atoms. The molecule has 0 saturated carbocycles. The van der Waals surface area contributed by atoms with Crippen LogP contribution in [0.2, 0.25) is 0 Å². The van der Waals surface area contributed by atoms with Crippen molar-refractivity contribution >= 4 is 43.7 Å². The molecule has 2 aromatic heterocycles. The number of aromatic nitrogens is 1. The Morgan fingerprint density at radius 2 is 1.00 bits per heavy atom. The van der Waals surface area contributed by atoms with Gasteiger partial charge in [0.2, 0.25) is 0 Å². The summed E-state index contributed by atoms with van der Waals surface area (Å²) in [4.78, 5) is 0. The summed E-state index contributed by atoms with van der Waals surface area (Å²) in [6.45, 7) is 0. The van der Waals surface area contributed by atoms with Crippen molar-refractivity contribution in [2.75, 3.05) is 0 Å². The van der Waals surface area contributed by atoms with E-state index in [1.54, 1.807) is 0 Å². The third-order valence-corrected chi connectivity index (χ3v) is 8.90. The minimum Gasteiger partial charge on any atom is -0.456 e. The molecule has 2 atom stereocenters. The number of benzene rings is 6. The molecule has 1 aliphatic heterocycles. The third kappa shape index (κ3) is 4.13. The standard InChI is InChI=1S/C39H30N4O/c1-3-12-25(13-4-1)37-40-38(26-14-5-2-6-15-26)42-39(41-37)27-16-11-17-28(22-27)43-33-20-9-7-18-29(33)31-23-32-30-19-8-10-21-35(30)44-36(32)24-34(31)43/h1-24,37-42H. The largest absolute Gasteiger partial charge is 0.456 e. The summed E-state index contributed by atoms with van der Waals surface area (Å²) in [6, 6.07) is 51.5. The molecule has 8 aromatic rings. The molecule has 2 unspecified atom stereocenters. The van der Waals surface area contributed by atoms with Gasteiger partial charge in [0, 0.05) is 33.3 Å². The van der Waals surface area contributed by atoms with Crippen LogP contribution in [0.1, 0.15) is 35.2 Å². The van der Waals surface area contributed by atoms with Gasteiger partial charge in [-0.15, -0.1) is 0 Å². The molecule has 0 aliphatic carbocycles. The fourth-order valence-corrected chi connectivity index (χ4v) is 6.82. The van der Waals surface area contributed by atoms with Crippen LogP contribution in [-0.4, -0.2) is 4.57 Å². The molecule has 1 fully saturated rings. The van der Waals surface area contributed by atoms with Crippen LogP contribution in [0, 0.1) is 0 Å². The highest BCUT2D eigenvalue weighted by Crippen LogP contribution is 2.38. The Balaban J connectivity index is 1.18. The van der Waals surface area contributed by atoms with Gasteiger partial charge < -0.3 is 8.98 Å². The van der Waals surface area contributed by atoms with Crippen LogP contribution in [0.4, 0.5) is 0 Å². The Morgan fingerprint density at radius 1 is 0.409 bits per heavy atom. The van der Waals surface area contributed by atoms with E-state index in [1.807, 2.05) is 12.1 Å². The van der Waals surface area contributed by atoms with E-state index >= 15 is 0 Å². The first kappa shape index (κ1) is 25.3. The lowest BCUT2D eigenvalue weighted by Crippen LogP contribution is -2.54. The highest BCUT2D eigenvalue weighted by Gasteiger charge is 2.29. The van der Waals surface area contributed by atoms with Crippen molar-refractivity contribution in [3.05, 3.63) is 162 Å². The van der Waals surface area contributed by atoms with Crippen molar-refractivity contribution in [3.8, 4) is 5.69 Å². The smallest absolute Gasteiger partial charge is 0.137 e. The zero-order valence-electron chi connectivity index (χ0n) is 23.9. The minimum atomic E-state index is -0.0817. The minimum absolute atomic E-state index is 0.0223. The van der Waals surface area contributed by atoms with Crippen LogP contribution in [0.3, 0.4) is 0 Å². The summed E-state index contributed by atoms with van der Waals surface area (Å²) in [7, 11) is 0. The second-order valence-corrected chi connectivity index (χ2v) is 11.5. The number of hydrogen-bond acceptors (Lipinski definition) is 4. The maximum absolute atomic E-state index is 6.33. The number of rotatable bonds is 4. The Morgan fingerprint density at radius 3 is 1.73 bits per heavy atom. The molecule has 3 heterocycles. The maximum atomic E-state index is 6.33. The van der Waals surface area contributed by atoms with Gasteiger partial charge in [-0.1, -0.05) is 109 Å². The molecule has 5 heteroatoms. The number of furan rings is 1. The van der Waals surface area contributed by atoms with Crippen LogP contribution in [0.5, 0.6) is 0 Å². The first-order valence-corrected chi connectivity index (χ1v) is 15.1. The van der Waals surface area contributed by atoms with Crippen molar-refractivity contribution in [2.24, 2.45) is 0 Å². The van der Waals surface area contributed by atoms with Crippen molar-refractivity contribution in [1.29, 1.82) is 0 Å². The molecule has 1 saturated heterocycles. The van der Waals surface area contributed by atoms with E-state index in [2.05, 4.69) is 154 Å². The molecule has 9 rings (SSSR count). The number of nitrogens with zero attached hydrogens (tertiary/aromatic N) is 1. The number of nitrogens with one attached hydrogen (secondary N) is 3. The Kier molecular flexibility index (Phi) is 5.87. The lowest BCUT2D eigenvalue weighted by Gasteiger charge is -2.39. The van der Waals surface area contributed by atoms with Gasteiger partial charge in [-0.25, -0.2) is 0 Å². The Bertz CT molecular complexity index is 2240. The molecular weight excluding hydrogens is 540 g/mol. The predicted octanol–water partition coefficient (Wildman–Crippen LogP) is 8.86. The molecular formula is C39H30N4O. The van der Waals surface area contributed by atoms with E-state index in [0.717, 1.165) is 33.1 Å². The van der Waals surface area contributed by atoms with Gasteiger partial charge in [0.05, 0.1) is 29.5 Å². The number of para-hydroxylation sites is 2. The predicted molar refractivity (Wildman–Crippen MR) is 179 cm³/mol. The van der Waals surface area contributed by atoms with Crippen LogP contribution >= 0.6 is 0 Å². The van der Waals surface area contributed by atoms with Crippen LogP contribution in [0.15, 0.2) is 150 Å². The highest BCUT2D eigenvalue weighted by atomic mass is 16.3. The molecule has 5 nitrogen and oxygen atoms in total. The summed E-state index contributed by atoms with van der Waals surface area (Å²) < 4.78 is 8.70. The molecule has 3 N–H and O–H groups in total. The quantitative estimate of drug-likeness (QED) is 0.198. The van der Waals surface area contributed by atoms with Crippen molar-refractivity contribution in [2.45, 2.75) is 18.5 Å². The molecule has 0 radical (unpaired) electrons. The monoisotopic (exact) mass is 570 g/mol. The maximum Gasteiger partial charge on any atom is 0.137 e. The summed E-state index contributed by atoms with van der Waals surface area (Å²) in [6.07, 6.45) is -0.126. The van der Waals surface area contributed by atoms with Gasteiger partial charge in [0.1, 0.15) is 11.2 Å². The molecule has 0 amide bonds. The van der Waals surface area contributed by atoms with E-state index in [1.165, 1.54) is 33.0 Å². The van der Waals surface area contributed by atoms with Gasteiger partial charge >= 0.3 is 0 Å². The second kappa shape index (κ2) is 10.2. The summed E-state index contributed by atoms with van der Waals surface area (Å²) in [5.74, 6) is 0. The first-order chi connectivity index (χ1) is 21.8. The fourth-order valence-electron chi connectivity index (χ4n) is 6.82. The van der Waals surface area contributed by atoms with Gasteiger partial charge in [0.15, 0.2) is 0 Å². The Hall–Kier alpha value is -5.20. The van der Waals surface area contributed by atoms with Gasteiger partial charge in [-0.2, -0.15) is 0 Å². The summed E-state index contributed by atoms with van der Waals surface area (Å²) in [5.41, 5.74) is 8.80. The van der Waals surface area contributed by atoms with Gasteiger partial charge in [-0.3, -0.25) is 16.0 Å².